The molecule has 1 saturated heterocycles. The first kappa shape index (κ1) is 13.3. The molecular weight excluding hydrogens is 244 g/mol. The molecule has 98 valence electrons. The van der Waals surface area contributed by atoms with Crippen LogP contribution in [0.3, 0.4) is 0 Å². The summed E-state index contributed by atoms with van der Waals surface area (Å²) in [5, 5.41) is 6.47. The largest absolute Gasteiger partial charge is 0.381 e. The van der Waals surface area contributed by atoms with Gasteiger partial charge in [-0.3, -0.25) is 4.79 Å². The molecule has 1 amide bonds. The lowest BCUT2D eigenvalue weighted by Gasteiger charge is -2.16. The maximum atomic E-state index is 11.4. The molecule has 1 heterocycles. The summed E-state index contributed by atoms with van der Waals surface area (Å²) in [6.45, 7) is 3.95. The Hall–Kier alpha value is -1.16. The number of amides is 1. The van der Waals surface area contributed by atoms with Crippen molar-refractivity contribution in [1.29, 1.82) is 0 Å². The van der Waals surface area contributed by atoms with Crippen molar-refractivity contribution in [2.24, 2.45) is 0 Å². The molecule has 0 saturated carbocycles. The first-order valence-corrected chi connectivity index (χ1v) is 7.59. The van der Waals surface area contributed by atoms with E-state index in [2.05, 4.69) is 23.6 Å². The van der Waals surface area contributed by atoms with Crippen LogP contribution in [-0.2, 0) is 4.79 Å². The van der Waals surface area contributed by atoms with E-state index in [1.165, 1.54) is 23.5 Å². The van der Waals surface area contributed by atoms with Crippen molar-refractivity contribution < 1.29 is 4.79 Å². The molecule has 1 aromatic carbocycles. The molecule has 18 heavy (non-hydrogen) atoms. The highest BCUT2D eigenvalue weighted by atomic mass is 32.2. The number of benzene rings is 1. The molecule has 1 unspecified atom stereocenters. The number of carbonyl (C=O) groups excluding carboxylic acids is 1. The average molecular weight is 264 g/mol. The summed E-state index contributed by atoms with van der Waals surface area (Å²) in [6, 6.07) is 6.60. The predicted octanol–water partition coefficient (Wildman–Crippen LogP) is 3.26. The van der Waals surface area contributed by atoms with Gasteiger partial charge in [-0.25, -0.2) is 0 Å². The summed E-state index contributed by atoms with van der Waals surface area (Å²) in [5.74, 6) is 2.47. The maximum Gasteiger partial charge on any atom is 0.224 e. The van der Waals surface area contributed by atoms with Crippen molar-refractivity contribution in [3.63, 3.8) is 0 Å². The van der Waals surface area contributed by atoms with E-state index in [0.29, 0.717) is 12.5 Å². The van der Waals surface area contributed by atoms with Crippen molar-refractivity contribution in [3.05, 3.63) is 23.8 Å². The fourth-order valence-corrected chi connectivity index (χ4v) is 3.13. The third-order valence-electron chi connectivity index (χ3n) is 3.13. The molecular formula is C14H20N2OS. The first-order chi connectivity index (χ1) is 8.69. The van der Waals surface area contributed by atoms with Crippen LogP contribution < -0.4 is 10.6 Å². The molecule has 1 atom stereocenters. The Balaban J connectivity index is 2.08. The lowest BCUT2D eigenvalue weighted by molar-refractivity contribution is -0.115. The minimum atomic E-state index is 0.0567. The number of carbonyl (C=O) groups is 1. The smallest absolute Gasteiger partial charge is 0.224 e. The van der Waals surface area contributed by atoms with Crippen molar-refractivity contribution >= 4 is 29.0 Å². The predicted molar refractivity (Wildman–Crippen MR) is 79.5 cm³/mol. The van der Waals surface area contributed by atoms with Crippen LogP contribution in [0.1, 0.15) is 25.3 Å². The van der Waals surface area contributed by atoms with Crippen molar-refractivity contribution in [2.45, 2.75) is 32.7 Å². The van der Waals surface area contributed by atoms with Gasteiger partial charge in [0.15, 0.2) is 0 Å². The van der Waals surface area contributed by atoms with Crippen LogP contribution in [0.4, 0.5) is 11.4 Å². The van der Waals surface area contributed by atoms with E-state index in [1.807, 2.05) is 30.8 Å². The molecule has 0 spiro atoms. The lowest BCUT2D eigenvalue weighted by Crippen LogP contribution is -2.19. The third kappa shape index (κ3) is 3.42. The Bertz CT molecular complexity index is 428. The molecule has 3 nitrogen and oxygen atoms in total. The quantitative estimate of drug-likeness (QED) is 0.877. The molecule has 0 bridgehead atoms. The fourth-order valence-electron chi connectivity index (χ4n) is 1.97. The zero-order valence-electron chi connectivity index (χ0n) is 11.0. The Morgan fingerprint density at radius 1 is 1.50 bits per heavy atom. The highest BCUT2D eigenvalue weighted by Gasteiger charge is 2.15. The highest BCUT2D eigenvalue weighted by molar-refractivity contribution is 7.99. The molecule has 1 aliphatic heterocycles. The van der Waals surface area contributed by atoms with E-state index in [0.717, 1.165) is 11.4 Å². The van der Waals surface area contributed by atoms with E-state index in [-0.39, 0.29) is 5.91 Å². The van der Waals surface area contributed by atoms with Gasteiger partial charge in [0.25, 0.3) is 0 Å². The summed E-state index contributed by atoms with van der Waals surface area (Å²) >= 11 is 1.99. The SMILES string of the molecule is CCC(=O)Nc1ccc(C)c(NC2CCSC2)c1. The van der Waals surface area contributed by atoms with Crippen LogP contribution in [0, 0.1) is 6.92 Å². The first-order valence-electron chi connectivity index (χ1n) is 6.44. The molecule has 1 fully saturated rings. The van der Waals surface area contributed by atoms with Crippen molar-refractivity contribution in [1.82, 2.24) is 0 Å². The van der Waals surface area contributed by atoms with Gasteiger partial charge >= 0.3 is 0 Å². The van der Waals surface area contributed by atoms with E-state index in [9.17, 15) is 4.79 Å². The van der Waals surface area contributed by atoms with E-state index in [4.69, 9.17) is 0 Å². The van der Waals surface area contributed by atoms with E-state index >= 15 is 0 Å². The van der Waals surface area contributed by atoms with Crippen LogP contribution in [0.15, 0.2) is 18.2 Å². The van der Waals surface area contributed by atoms with Crippen LogP contribution >= 0.6 is 11.8 Å². The van der Waals surface area contributed by atoms with Crippen LogP contribution in [0.25, 0.3) is 0 Å². The number of hydrogen-bond acceptors (Lipinski definition) is 3. The summed E-state index contributed by atoms with van der Waals surface area (Å²) in [7, 11) is 0. The van der Waals surface area contributed by atoms with E-state index < -0.39 is 0 Å². The Labute approximate surface area is 113 Å². The Kier molecular flexibility index (Phi) is 4.53. The second-order valence-corrected chi connectivity index (χ2v) is 5.79. The van der Waals surface area contributed by atoms with Gasteiger partial charge in [0, 0.05) is 29.6 Å². The Morgan fingerprint density at radius 2 is 2.33 bits per heavy atom. The normalized spacial score (nSPS) is 18.7. The van der Waals surface area contributed by atoms with Gasteiger partial charge in [-0.15, -0.1) is 0 Å². The van der Waals surface area contributed by atoms with Gasteiger partial charge in [-0.05, 0) is 36.8 Å². The monoisotopic (exact) mass is 264 g/mol. The molecule has 1 aliphatic rings. The summed E-state index contributed by atoms with van der Waals surface area (Å²) in [4.78, 5) is 11.4. The minimum absolute atomic E-state index is 0.0567. The number of hydrogen-bond donors (Lipinski definition) is 2. The van der Waals surface area contributed by atoms with Crippen molar-refractivity contribution in [3.8, 4) is 0 Å². The van der Waals surface area contributed by atoms with Gasteiger partial charge in [-0.2, -0.15) is 11.8 Å². The highest BCUT2D eigenvalue weighted by Crippen LogP contribution is 2.25. The number of nitrogens with one attached hydrogen (secondary N) is 2. The number of aryl methyl sites for hydroxylation is 1. The average Bonchev–Trinajstić information content (AvgIpc) is 2.86. The lowest BCUT2D eigenvalue weighted by atomic mass is 10.1. The van der Waals surface area contributed by atoms with Gasteiger partial charge in [0.1, 0.15) is 0 Å². The van der Waals surface area contributed by atoms with Crippen LogP contribution in [0.5, 0.6) is 0 Å². The summed E-state index contributed by atoms with van der Waals surface area (Å²) < 4.78 is 0. The van der Waals surface area contributed by atoms with Gasteiger partial charge in [0.05, 0.1) is 0 Å². The van der Waals surface area contributed by atoms with Crippen LogP contribution in [-0.4, -0.2) is 23.5 Å². The molecule has 4 heteroatoms. The third-order valence-corrected chi connectivity index (χ3v) is 4.29. The Morgan fingerprint density at radius 3 is 3.00 bits per heavy atom. The molecule has 0 aliphatic carbocycles. The number of thioether (sulfide) groups is 1. The zero-order valence-corrected chi connectivity index (χ0v) is 11.8. The van der Waals surface area contributed by atoms with Crippen molar-refractivity contribution in [2.75, 3.05) is 22.1 Å². The molecule has 2 rings (SSSR count). The zero-order chi connectivity index (χ0) is 13.0. The molecule has 0 radical (unpaired) electrons. The molecule has 1 aromatic rings. The maximum absolute atomic E-state index is 11.4. The van der Waals surface area contributed by atoms with Crippen LogP contribution in [0.2, 0.25) is 0 Å². The topological polar surface area (TPSA) is 41.1 Å². The van der Waals surface area contributed by atoms with Gasteiger partial charge < -0.3 is 10.6 Å². The number of rotatable bonds is 4. The van der Waals surface area contributed by atoms with E-state index in [1.54, 1.807) is 0 Å². The van der Waals surface area contributed by atoms with Gasteiger partial charge in [0.2, 0.25) is 5.91 Å². The van der Waals surface area contributed by atoms with Gasteiger partial charge in [-0.1, -0.05) is 13.0 Å². The summed E-state index contributed by atoms with van der Waals surface area (Å²) in [5.41, 5.74) is 3.23. The summed E-state index contributed by atoms with van der Waals surface area (Å²) in [6.07, 6.45) is 1.73. The molecule has 2 N–H and O–H groups in total. The fraction of sp³-hybridized carbons (Fsp3) is 0.500. The second-order valence-electron chi connectivity index (χ2n) is 4.64. The number of anilines is 2. The second kappa shape index (κ2) is 6.14. The molecule has 0 aromatic heterocycles. The standard InChI is InChI=1S/C14H20N2OS/c1-3-14(17)16-11-5-4-10(2)13(8-11)15-12-6-7-18-9-12/h4-5,8,12,15H,3,6-7,9H2,1-2H3,(H,16,17). The minimum Gasteiger partial charge on any atom is -0.381 e.